The second-order valence-corrected chi connectivity index (χ2v) is 5.49. The fraction of sp³-hybridized carbons (Fsp3) is 0. The van der Waals surface area contributed by atoms with E-state index in [9.17, 15) is 13.6 Å². The molecule has 0 amide bonds. The summed E-state index contributed by atoms with van der Waals surface area (Å²) in [7, 11) is 0. The van der Waals surface area contributed by atoms with Gasteiger partial charge in [0.25, 0.3) is 5.56 Å². The van der Waals surface area contributed by atoms with Crippen LogP contribution in [0.1, 0.15) is 0 Å². The Hall–Kier alpha value is -3.48. The zero-order valence-electron chi connectivity index (χ0n) is 12.8. The summed E-state index contributed by atoms with van der Waals surface area (Å²) in [6, 6.07) is 12.9. The van der Waals surface area contributed by atoms with Crippen molar-refractivity contribution in [3.63, 3.8) is 0 Å². The van der Waals surface area contributed by atoms with Crippen LogP contribution in [0.4, 0.5) is 20.4 Å². The molecule has 0 unspecified atom stereocenters. The lowest BCUT2D eigenvalue weighted by atomic mass is 10.1. The summed E-state index contributed by atoms with van der Waals surface area (Å²) in [6.07, 6.45) is 1.55. The van der Waals surface area contributed by atoms with Crippen molar-refractivity contribution in [3.8, 4) is 11.3 Å². The van der Waals surface area contributed by atoms with Crippen LogP contribution in [0.5, 0.6) is 0 Å². The molecule has 0 spiro atoms. The molecule has 0 bridgehead atoms. The van der Waals surface area contributed by atoms with Crippen LogP contribution in [0.15, 0.2) is 59.5 Å². The molecule has 0 saturated carbocycles. The number of hydrogen-bond acceptors (Lipinski definition) is 3. The van der Waals surface area contributed by atoms with Gasteiger partial charge in [0.2, 0.25) is 5.95 Å². The molecule has 4 aromatic rings. The molecular formula is C18H12F2N4O. The lowest BCUT2D eigenvalue weighted by molar-refractivity contribution is 0.511. The van der Waals surface area contributed by atoms with Crippen molar-refractivity contribution in [1.82, 2.24) is 15.0 Å². The van der Waals surface area contributed by atoms with Crippen LogP contribution in [0, 0.1) is 11.6 Å². The topological polar surface area (TPSA) is 73.6 Å². The minimum atomic E-state index is -0.949. The van der Waals surface area contributed by atoms with Crippen molar-refractivity contribution < 1.29 is 8.78 Å². The summed E-state index contributed by atoms with van der Waals surface area (Å²) in [6.45, 7) is 0. The van der Waals surface area contributed by atoms with E-state index in [1.807, 2.05) is 30.3 Å². The number of halogens is 2. The monoisotopic (exact) mass is 338 g/mol. The van der Waals surface area contributed by atoms with Gasteiger partial charge in [-0.15, -0.1) is 0 Å². The number of aromatic amines is 2. The second-order valence-electron chi connectivity index (χ2n) is 5.49. The van der Waals surface area contributed by atoms with Gasteiger partial charge in [-0.05, 0) is 11.6 Å². The first-order valence-corrected chi connectivity index (χ1v) is 7.50. The fourth-order valence-corrected chi connectivity index (χ4v) is 2.64. The van der Waals surface area contributed by atoms with E-state index < -0.39 is 17.2 Å². The Labute approximate surface area is 140 Å². The predicted octanol–water partition coefficient (Wildman–Crippen LogP) is 3.94. The highest BCUT2D eigenvalue weighted by molar-refractivity contribution is 5.93. The predicted molar refractivity (Wildman–Crippen MR) is 91.8 cm³/mol. The first-order valence-electron chi connectivity index (χ1n) is 7.50. The minimum Gasteiger partial charge on any atom is -0.359 e. The van der Waals surface area contributed by atoms with Gasteiger partial charge in [0.1, 0.15) is 0 Å². The van der Waals surface area contributed by atoms with Crippen molar-refractivity contribution in [2.75, 3.05) is 5.32 Å². The lowest BCUT2D eigenvalue weighted by Crippen LogP contribution is -2.10. The molecule has 3 N–H and O–H groups in total. The summed E-state index contributed by atoms with van der Waals surface area (Å²) >= 11 is 0. The molecule has 4 rings (SSSR count). The maximum absolute atomic E-state index is 13.5. The summed E-state index contributed by atoms with van der Waals surface area (Å²) in [5.41, 5.74) is 1.92. The van der Waals surface area contributed by atoms with E-state index >= 15 is 0 Å². The number of rotatable bonds is 3. The third-order valence-corrected chi connectivity index (χ3v) is 3.80. The van der Waals surface area contributed by atoms with Crippen molar-refractivity contribution in [2.45, 2.75) is 0 Å². The molecule has 2 heterocycles. The van der Waals surface area contributed by atoms with Gasteiger partial charge in [-0.3, -0.25) is 4.79 Å². The first-order chi connectivity index (χ1) is 12.1. The maximum Gasteiger partial charge on any atom is 0.275 e. The normalized spacial score (nSPS) is 11.0. The first kappa shape index (κ1) is 15.1. The maximum atomic E-state index is 13.5. The standard InChI is InChI=1S/C18H12F2N4O/c19-12-6-11-15(7-13(12)20)21-9-16(11)23-18-22-14(8-17(25)24-18)10-4-2-1-3-5-10/h1-9,21H,(H2,22,23,24,25). The van der Waals surface area contributed by atoms with Crippen LogP contribution in [-0.2, 0) is 0 Å². The van der Waals surface area contributed by atoms with Gasteiger partial charge in [0.05, 0.1) is 16.9 Å². The Balaban J connectivity index is 1.75. The second kappa shape index (κ2) is 5.86. The average molecular weight is 338 g/mol. The van der Waals surface area contributed by atoms with Crippen molar-refractivity contribution in [1.29, 1.82) is 0 Å². The smallest absolute Gasteiger partial charge is 0.275 e. The number of anilines is 2. The number of hydrogen-bond donors (Lipinski definition) is 3. The van der Waals surface area contributed by atoms with Crippen molar-refractivity contribution >= 4 is 22.5 Å². The highest BCUT2D eigenvalue weighted by Gasteiger charge is 2.11. The quantitative estimate of drug-likeness (QED) is 0.530. The zero-order valence-corrected chi connectivity index (χ0v) is 12.8. The molecule has 0 aliphatic heterocycles. The van der Waals surface area contributed by atoms with Gasteiger partial charge in [0, 0.05) is 23.7 Å². The van der Waals surface area contributed by atoms with Gasteiger partial charge in [-0.25, -0.2) is 8.78 Å². The van der Waals surface area contributed by atoms with E-state index in [-0.39, 0.29) is 5.95 Å². The molecule has 25 heavy (non-hydrogen) atoms. The third kappa shape index (κ3) is 2.87. The Morgan fingerprint density at radius 2 is 1.76 bits per heavy atom. The number of benzene rings is 2. The molecule has 0 saturated heterocycles. The van der Waals surface area contributed by atoms with Gasteiger partial charge in [0.15, 0.2) is 11.6 Å². The van der Waals surface area contributed by atoms with E-state index in [2.05, 4.69) is 20.3 Å². The van der Waals surface area contributed by atoms with E-state index in [0.717, 1.165) is 17.7 Å². The minimum absolute atomic E-state index is 0.206. The van der Waals surface area contributed by atoms with Crippen molar-refractivity contribution in [3.05, 3.63) is 76.7 Å². The Morgan fingerprint density at radius 3 is 2.56 bits per heavy atom. The molecular weight excluding hydrogens is 326 g/mol. The molecule has 0 aliphatic rings. The highest BCUT2D eigenvalue weighted by atomic mass is 19.2. The summed E-state index contributed by atoms with van der Waals surface area (Å²) < 4.78 is 26.8. The van der Waals surface area contributed by atoms with Crippen LogP contribution < -0.4 is 10.9 Å². The van der Waals surface area contributed by atoms with Crippen molar-refractivity contribution in [2.24, 2.45) is 0 Å². The number of H-pyrrole nitrogens is 2. The van der Waals surface area contributed by atoms with Crippen LogP contribution in [0.25, 0.3) is 22.2 Å². The van der Waals surface area contributed by atoms with Crippen LogP contribution in [0.2, 0.25) is 0 Å². The average Bonchev–Trinajstić information content (AvgIpc) is 2.97. The Morgan fingerprint density at radius 1 is 1.00 bits per heavy atom. The summed E-state index contributed by atoms with van der Waals surface area (Å²) in [5, 5.41) is 3.39. The number of nitrogens with one attached hydrogen (secondary N) is 3. The zero-order chi connectivity index (χ0) is 17.4. The van der Waals surface area contributed by atoms with Crippen LogP contribution in [-0.4, -0.2) is 15.0 Å². The van der Waals surface area contributed by atoms with E-state index in [1.54, 1.807) is 6.20 Å². The molecule has 5 nitrogen and oxygen atoms in total. The van der Waals surface area contributed by atoms with E-state index in [4.69, 9.17) is 0 Å². The van der Waals surface area contributed by atoms with Gasteiger partial charge >= 0.3 is 0 Å². The SMILES string of the molecule is O=c1cc(-c2ccccc2)[nH]c(Nc2c[nH]c3cc(F)c(F)cc23)n1. The molecule has 0 radical (unpaired) electrons. The number of nitrogens with zero attached hydrogens (tertiary/aromatic N) is 1. The molecule has 0 fully saturated rings. The molecule has 0 aliphatic carbocycles. The van der Waals surface area contributed by atoms with E-state index in [1.165, 1.54) is 6.07 Å². The molecule has 0 atom stereocenters. The highest BCUT2D eigenvalue weighted by Crippen LogP contribution is 2.27. The molecule has 7 heteroatoms. The Kier molecular flexibility index (Phi) is 3.53. The van der Waals surface area contributed by atoms with Crippen LogP contribution in [0.3, 0.4) is 0 Å². The van der Waals surface area contributed by atoms with E-state index in [0.29, 0.717) is 22.3 Å². The largest absolute Gasteiger partial charge is 0.359 e. The Bertz CT molecular complexity index is 1120. The summed E-state index contributed by atoms with van der Waals surface area (Å²) in [5.74, 6) is -1.68. The molecule has 2 aromatic heterocycles. The molecule has 124 valence electrons. The fourth-order valence-electron chi connectivity index (χ4n) is 2.64. The van der Waals surface area contributed by atoms with Crippen LogP contribution >= 0.6 is 0 Å². The summed E-state index contributed by atoms with van der Waals surface area (Å²) in [4.78, 5) is 21.6. The van der Waals surface area contributed by atoms with Gasteiger partial charge < -0.3 is 15.3 Å². The third-order valence-electron chi connectivity index (χ3n) is 3.80. The van der Waals surface area contributed by atoms with Gasteiger partial charge in [-0.2, -0.15) is 4.98 Å². The lowest BCUT2D eigenvalue weighted by Gasteiger charge is -2.07. The number of aromatic nitrogens is 3. The van der Waals surface area contributed by atoms with Gasteiger partial charge in [-0.1, -0.05) is 30.3 Å². The molecule has 2 aromatic carbocycles. The number of fused-ring (bicyclic) bond motifs is 1.